The minimum atomic E-state index is -4.58. The number of nitrogens with zero attached hydrogens (tertiary/aromatic N) is 2. The van der Waals surface area contributed by atoms with E-state index in [0.717, 1.165) is 17.3 Å². The summed E-state index contributed by atoms with van der Waals surface area (Å²) in [7, 11) is 0. The van der Waals surface area contributed by atoms with Crippen molar-refractivity contribution in [3.63, 3.8) is 0 Å². The first-order chi connectivity index (χ1) is 16.8. The zero-order valence-electron chi connectivity index (χ0n) is 18.8. The average Bonchev–Trinajstić information content (AvgIpc) is 2.88. The molecule has 1 N–H and O–H groups in total. The van der Waals surface area contributed by atoms with Gasteiger partial charge >= 0.3 is 6.18 Å². The molecule has 5 nitrogen and oxygen atoms in total. The predicted molar refractivity (Wildman–Crippen MR) is 130 cm³/mol. The van der Waals surface area contributed by atoms with Gasteiger partial charge in [-0.2, -0.15) is 13.2 Å². The van der Waals surface area contributed by atoms with Crippen LogP contribution in [0.15, 0.2) is 84.9 Å². The molecule has 1 heterocycles. The van der Waals surface area contributed by atoms with E-state index in [1.807, 2.05) is 42.5 Å². The fourth-order valence-electron chi connectivity index (χ4n) is 3.93. The van der Waals surface area contributed by atoms with Crippen LogP contribution in [0.5, 0.6) is 0 Å². The van der Waals surface area contributed by atoms with Gasteiger partial charge in [-0.3, -0.25) is 9.59 Å². The van der Waals surface area contributed by atoms with Crippen LogP contribution in [0.1, 0.15) is 21.5 Å². The molecule has 1 fully saturated rings. The molecule has 0 saturated carbocycles. The molecule has 0 spiro atoms. The Morgan fingerprint density at radius 1 is 0.800 bits per heavy atom. The zero-order valence-corrected chi connectivity index (χ0v) is 18.8. The third-order valence-electron chi connectivity index (χ3n) is 5.76. The van der Waals surface area contributed by atoms with Gasteiger partial charge in [0.25, 0.3) is 5.91 Å². The van der Waals surface area contributed by atoms with Crippen molar-refractivity contribution in [1.82, 2.24) is 4.90 Å². The van der Waals surface area contributed by atoms with Gasteiger partial charge in [0.1, 0.15) is 0 Å². The molecule has 0 aromatic heterocycles. The minimum Gasteiger partial charge on any atom is -0.368 e. The summed E-state index contributed by atoms with van der Waals surface area (Å²) in [6.07, 6.45) is -1.38. The van der Waals surface area contributed by atoms with Crippen molar-refractivity contribution in [2.75, 3.05) is 36.4 Å². The van der Waals surface area contributed by atoms with E-state index in [-0.39, 0.29) is 11.5 Å². The van der Waals surface area contributed by atoms with Crippen molar-refractivity contribution >= 4 is 29.3 Å². The topological polar surface area (TPSA) is 52.7 Å². The summed E-state index contributed by atoms with van der Waals surface area (Å²) in [5.74, 6) is -0.855. The van der Waals surface area contributed by atoms with Gasteiger partial charge in [-0.25, -0.2) is 0 Å². The van der Waals surface area contributed by atoms with Crippen molar-refractivity contribution in [3.8, 4) is 0 Å². The fourth-order valence-corrected chi connectivity index (χ4v) is 3.93. The summed E-state index contributed by atoms with van der Waals surface area (Å²) in [4.78, 5) is 28.4. The second kappa shape index (κ2) is 10.5. The predicted octanol–water partition coefficient (Wildman–Crippen LogP) is 5.32. The third-order valence-corrected chi connectivity index (χ3v) is 5.76. The van der Waals surface area contributed by atoms with E-state index in [4.69, 9.17) is 0 Å². The molecule has 1 aliphatic rings. The molecular weight excluding hydrogens is 455 g/mol. The number of alkyl halides is 3. The number of benzene rings is 3. The van der Waals surface area contributed by atoms with Crippen molar-refractivity contribution in [1.29, 1.82) is 0 Å². The average molecular weight is 480 g/mol. The summed E-state index contributed by atoms with van der Waals surface area (Å²) in [6, 6.07) is 21.7. The quantitative estimate of drug-likeness (QED) is 0.504. The Balaban J connectivity index is 1.32. The molecular formula is C27H24F3N3O2. The molecule has 0 atom stereocenters. The van der Waals surface area contributed by atoms with Gasteiger partial charge in [0.15, 0.2) is 0 Å². The maximum absolute atomic E-state index is 13.3. The number of carbonyl (C=O) groups excluding carboxylic acids is 2. The van der Waals surface area contributed by atoms with Crippen LogP contribution in [-0.2, 0) is 11.0 Å². The Hall–Kier alpha value is -4.07. The summed E-state index contributed by atoms with van der Waals surface area (Å²) < 4.78 is 39.8. The number of hydrogen-bond acceptors (Lipinski definition) is 3. The van der Waals surface area contributed by atoms with E-state index in [2.05, 4.69) is 10.2 Å². The van der Waals surface area contributed by atoms with E-state index in [0.29, 0.717) is 31.9 Å². The van der Waals surface area contributed by atoms with E-state index >= 15 is 0 Å². The van der Waals surface area contributed by atoms with Gasteiger partial charge < -0.3 is 15.1 Å². The smallest absolute Gasteiger partial charge is 0.368 e. The van der Waals surface area contributed by atoms with Gasteiger partial charge in [-0.1, -0.05) is 42.5 Å². The second-order valence-corrected chi connectivity index (χ2v) is 8.10. The van der Waals surface area contributed by atoms with Crippen molar-refractivity contribution < 1.29 is 22.8 Å². The number of anilines is 2. The molecule has 8 heteroatoms. The zero-order chi connectivity index (χ0) is 24.8. The third kappa shape index (κ3) is 6.09. The molecule has 35 heavy (non-hydrogen) atoms. The Kier molecular flexibility index (Phi) is 7.19. The number of hydrogen-bond donors (Lipinski definition) is 1. The summed E-state index contributed by atoms with van der Waals surface area (Å²) in [6.45, 7) is 1.61. The molecule has 1 aliphatic heterocycles. The number of amides is 2. The lowest BCUT2D eigenvalue weighted by Gasteiger charge is -2.36. The maximum atomic E-state index is 13.3. The number of halogens is 3. The number of rotatable bonds is 5. The first-order valence-electron chi connectivity index (χ1n) is 11.2. The van der Waals surface area contributed by atoms with Crippen LogP contribution in [-0.4, -0.2) is 42.9 Å². The molecule has 0 radical (unpaired) electrons. The molecule has 180 valence electrons. The van der Waals surface area contributed by atoms with Crippen LogP contribution in [0.2, 0.25) is 0 Å². The van der Waals surface area contributed by atoms with Crippen LogP contribution in [0, 0.1) is 0 Å². The SMILES string of the molecule is O=C(/C=C/c1ccccc1)Nc1ccc(N2CCN(C(=O)c3ccccc3C(F)(F)F)CC2)cc1. The standard InChI is InChI=1S/C27H24F3N3O2/c28-27(29,30)24-9-5-4-8-23(24)26(35)33-18-16-32(17-19-33)22-13-11-21(12-14-22)31-25(34)15-10-20-6-2-1-3-7-20/h1-15H,16-19H2,(H,31,34)/b15-10+. The van der Waals surface area contributed by atoms with Crippen molar-refractivity contribution in [3.05, 3.63) is 102 Å². The number of piperazine rings is 1. The van der Waals surface area contributed by atoms with Gasteiger partial charge in [-0.15, -0.1) is 0 Å². The largest absolute Gasteiger partial charge is 0.417 e. The van der Waals surface area contributed by atoms with Crippen molar-refractivity contribution in [2.24, 2.45) is 0 Å². The summed E-state index contributed by atoms with van der Waals surface area (Å²) in [5, 5.41) is 2.81. The molecule has 3 aromatic rings. The second-order valence-electron chi connectivity index (χ2n) is 8.10. The highest BCUT2D eigenvalue weighted by Crippen LogP contribution is 2.32. The Bertz CT molecular complexity index is 1200. The minimum absolute atomic E-state index is 0.243. The van der Waals surface area contributed by atoms with E-state index in [9.17, 15) is 22.8 Å². The van der Waals surface area contributed by atoms with Crippen LogP contribution >= 0.6 is 0 Å². The summed E-state index contributed by atoms with van der Waals surface area (Å²) in [5.41, 5.74) is 1.25. The first kappa shape index (κ1) is 24.1. The van der Waals surface area contributed by atoms with Crippen molar-refractivity contribution in [2.45, 2.75) is 6.18 Å². The monoisotopic (exact) mass is 479 g/mol. The molecule has 0 unspecified atom stereocenters. The van der Waals surface area contributed by atoms with Gasteiger partial charge in [0.2, 0.25) is 5.91 Å². The molecule has 1 saturated heterocycles. The Morgan fingerprint density at radius 2 is 1.43 bits per heavy atom. The molecule has 2 amide bonds. The number of nitrogens with one attached hydrogen (secondary N) is 1. The highest BCUT2D eigenvalue weighted by Gasteiger charge is 2.36. The molecule has 3 aromatic carbocycles. The number of carbonyl (C=O) groups is 2. The highest BCUT2D eigenvalue weighted by molar-refractivity contribution is 6.02. The Morgan fingerprint density at radius 3 is 2.09 bits per heavy atom. The van der Waals surface area contributed by atoms with Crippen LogP contribution in [0.25, 0.3) is 6.08 Å². The molecule has 0 aliphatic carbocycles. The van der Waals surface area contributed by atoms with Crippen LogP contribution < -0.4 is 10.2 Å². The fraction of sp³-hybridized carbons (Fsp3) is 0.185. The van der Waals surface area contributed by atoms with Crippen LogP contribution in [0.4, 0.5) is 24.5 Å². The lowest BCUT2D eigenvalue weighted by molar-refractivity contribution is -0.138. The lowest BCUT2D eigenvalue weighted by atomic mass is 10.1. The van der Waals surface area contributed by atoms with E-state index in [1.165, 1.54) is 29.2 Å². The highest BCUT2D eigenvalue weighted by atomic mass is 19.4. The van der Waals surface area contributed by atoms with Crippen LogP contribution in [0.3, 0.4) is 0 Å². The van der Waals surface area contributed by atoms with E-state index in [1.54, 1.807) is 18.2 Å². The van der Waals surface area contributed by atoms with Gasteiger partial charge in [-0.05, 0) is 48.0 Å². The summed E-state index contributed by atoms with van der Waals surface area (Å²) >= 11 is 0. The maximum Gasteiger partial charge on any atom is 0.417 e. The van der Waals surface area contributed by atoms with Gasteiger partial charge in [0.05, 0.1) is 11.1 Å². The normalized spacial score (nSPS) is 14.3. The lowest BCUT2D eigenvalue weighted by Crippen LogP contribution is -2.49. The van der Waals surface area contributed by atoms with E-state index < -0.39 is 17.6 Å². The molecule has 0 bridgehead atoms. The first-order valence-corrected chi connectivity index (χ1v) is 11.2. The van der Waals surface area contributed by atoms with Gasteiger partial charge in [0, 0.05) is 43.6 Å². The molecule has 4 rings (SSSR count). The Labute approximate surface area is 201 Å².